The standard InChI is InChI=1S/C13H15N3O4S2/c1-3-20-13(17)9-4-6-10(7-5-9)22(18,19)16-12-11(21-2)8-14-15-12/h4-8H,3H2,1-2H3,(H2,14,15,16). The Morgan fingerprint density at radius 3 is 2.64 bits per heavy atom. The van der Waals surface area contributed by atoms with Gasteiger partial charge in [0.25, 0.3) is 10.0 Å². The summed E-state index contributed by atoms with van der Waals surface area (Å²) in [6.45, 7) is 1.96. The van der Waals surface area contributed by atoms with Crippen LogP contribution in [0.2, 0.25) is 0 Å². The molecule has 7 nitrogen and oxygen atoms in total. The van der Waals surface area contributed by atoms with Gasteiger partial charge in [0.2, 0.25) is 0 Å². The molecule has 9 heteroatoms. The monoisotopic (exact) mass is 341 g/mol. The van der Waals surface area contributed by atoms with Crippen LogP contribution in [0, 0.1) is 0 Å². The number of esters is 1. The molecular weight excluding hydrogens is 326 g/mol. The number of carbonyl (C=O) groups is 1. The molecule has 1 aromatic heterocycles. The van der Waals surface area contributed by atoms with Crippen molar-refractivity contribution in [1.82, 2.24) is 10.2 Å². The number of hydrogen-bond acceptors (Lipinski definition) is 6. The van der Waals surface area contributed by atoms with Gasteiger partial charge in [-0.3, -0.25) is 9.82 Å². The van der Waals surface area contributed by atoms with E-state index in [1.807, 2.05) is 6.26 Å². The van der Waals surface area contributed by atoms with Gasteiger partial charge in [-0.15, -0.1) is 11.8 Å². The molecule has 2 aromatic rings. The van der Waals surface area contributed by atoms with Gasteiger partial charge in [0.15, 0.2) is 0 Å². The highest BCUT2D eigenvalue weighted by molar-refractivity contribution is 7.99. The summed E-state index contributed by atoms with van der Waals surface area (Å²) in [4.78, 5) is 12.3. The number of rotatable bonds is 6. The van der Waals surface area contributed by atoms with Crippen molar-refractivity contribution in [3.8, 4) is 0 Å². The predicted molar refractivity (Wildman–Crippen MR) is 83.6 cm³/mol. The first kappa shape index (κ1) is 16.4. The molecule has 0 fully saturated rings. The maximum atomic E-state index is 12.3. The first-order valence-electron chi connectivity index (χ1n) is 6.35. The molecule has 0 radical (unpaired) electrons. The van der Waals surface area contributed by atoms with Gasteiger partial charge in [-0.05, 0) is 37.4 Å². The molecule has 0 amide bonds. The van der Waals surface area contributed by atoms with Crippen LogP contribution in [0.4, 0.5) is 5.82 Å². The first-order valence-corrected chi connectivity index (χ1v) is 9.06. The molecule has 0 aliphatic heterocycles. The quantitative estimate of drug-likeness (QED) is 0.616. The highest BCUT2D eigenvalue weighted by atomic mass is 32.2. The van der Waals surface area contributed by atoms with E-state index in [1.165, 1.54) is 42.2 Å². The molecular formula is C13H15N3O4S2. The van der Waals surface area contributed by atoms with Crippen molar-refractivity contribution in [2.75, 3.05) is 17.6 Å². The van der Waals surface area contributed by atoms with Crippen molar-refractivity contribution in [3.63, 3.8) is 0 Å². The summed E-state index contributed by atoms with van der Waals surface area (Å²) < 4.78 is 31.9. The fourth-order valence-electron chi connectivity index (χ4n) is 1.68. The minimum Gasteiger partial charge on any atom is -0.462 e. The van der Waals surface area contributed by atoms with E-state index in [0.717, 1.165) is 0 Å². The molecule has 0 saturated heterocycles. The van der Waals surface area contributed by atoms with Gasteiger partial charge in [-0.1, -0.05) is 0 Å². The van der Waals surface area contributed by atoms with Crippen LogP contribution in [0.25, 0.3) is 0 Å². The number of nitrogens with one attached hydrogen (secondary N) is 2. The van der Waals surface area contributed by atoms with Crippen LogP contribution < -0.4 is 4.72 Å². The molecule has 2 rings (SSSR count). The van der Waals surface area contributed by atoms with E-state index in [-0.39, 0.29) is 11.5 Å². The molecule has 0 unspecified atom stereocenters. The Kier molecular flexibility index (Phi) is 5.09. The number of ether oxygens (including phenoxy) is 1. The molecule has 0 saturated carbocycles. The van der Waals surface area contributed by atoms with E-state index >= 15 is 0 Å². The summed E-state index contributed by atoms with van der Waals surface area (Å²) in [5.41, 5.74) is 0.298. The predicted octanol–water partition coefficient (Wildman–Crippen LogP) is 2.11. The molecule has 22 heavy (non-hydrogen) atoms. The number of hydrogen-bond donors (Lipinski definition) is 2. The summed E-state index contributed by atoms with van der Waals surface area (Å²) in [6, 6.07) is 5.53. The highest BCUT2D eigenvalue weighted by Gasteiger charge is 2.18. The number of nitrogens with zero attached hydrogens (tertiary/aromatic N) is 1. The molecule has 0 bridgehead atoms. The van der Waals surface area contributed by atoms with Crippen LogP contribution in [-0.2, 0) is 14.8 Å². The average molecular weight is 341 g/mol. The Bertz CT molecular complexity index is 754. The number of sulfonamides is 1. The number of aromatic nitrogens is 2. The van der Waals surface area contributed by atoms with Crippen molar-refractivity contribution in [2.24, 2.45) is 0 Å². The Balaban J connectivity index is 2.21. The van der Waals surface area contributed by atoms with Crippen LogP contribution in [-0.4, -0.2) is 37.4 Å². The number of thioether (sulfide) groups is 1. The lowest BCUT2D eigenvalue weighted by Crippen LogP contribution is -2.14. The molecule has 2 N–H and O–H groups in total. The minimum absolute atomic E-state index is 0.0437. The maximum Gasteiger partial charge on any atom is 0.338 e. The number of aromatic amines is 1. The summed E-state index contributed by atoms with van der Waals surface area (Å²) in [5, 5.41) is 6.39. The summed E-state index contributed by atoms with van der Waals surface area (Å²) in [7, 11) is -3.76. The number of anilines is 1. The maximum absolute atomic E-state index is 12.3. The van der Waals surface area contributed by atoms with Gasteiger partial charge in [0.05, 0.1) is 28.2 Å². The van der Waals surface area contributed by atoms with Gasteiger partial charge < -0.3 is 4.74 Å². The van der Waals surface area contributed by atoms with E-state index in [9.17, 15) is 13.2 Å². The van der Waals surface area contributed by atoms with Crippen LogP contribution in [0.15, 0.2) is 40.3 Å². The van der Waals surface area contributed by atoms with E-state index in [0.29, 0.717) is 16.3 Å². The van der Waals surface area contributed by atoms with Crippen molar-refractivity contribution in [1.29, 1.82) is 0 Å². The van der Waals surface area contributed by atoms with E-state index < -0.39 is 16.0 Å². The Morgan fingerprint density at radius 1 is 1.36 bits per heavy atom. The zero-order chi connectivity index (χ0) is 16.2. The van der Waals surface area contributed by atoms with Gasteiger partial charge >= 0.3 is 5.97 Å². The Morgan fingerprint density at radius 2 is 2.05 bits per heavy atom. The number of H-pyrrole nitrogens is 1. The van der Waals surface area contributed by atoms with Gasteiger partial charge in [-0.2, -0.15) is 5.10 Å². The fourth-order valence-corrected chi connectivity index (χ4v) is 3.24. The lowest BCUT2D eigenvalue weighted by atomic mass is 10.2. The molecule has 0 aliphatic rings. The lowest BCUT2D eigenvalue weighted by Gasteiger charge is -2.08. The van der Waals surface area contributed by atoms with Crippen LogP contribution >= 0.6 is 11.8 Å². The van der Waals surface area contributed by atoms with Gasteiger partial charge in [0.1, 0.15) is 5.82 Å². The van der Waals surface area contributed by atoms with Crippen molar-refractivity contribution in [3.05, 3.63) is 36.0 Å². The van der Waals surface area contributed by atoms with Crippen LogP contribution in [0.3, 0.4) is 0 Å². The average Bonchev–Trinajstić information content (AvgIpc) is 2.94. The number of benzene rings is 1. The zero-order valence-corrected chi connectivity index (χ0v) is 13.6. The fraction of sp³-hybridized carbons (Fsp3) is 0.231. The third-order valence-corrected chi connectivity index (χ3v) is 4.85. The Hall–Kier alpha value is -2.00. The summed E-state index contributed by atoms with van der Waals surface area (Å²) >= 11 is 1.37. The Labute approximate surface area is 132 Å². The van der Waals surface area contributed by atoms with Gasteiger partial charge in [-0.25, -0.2) is 13.2 Å². The van der Waals surface area contributed by atoms with Crippen molar-refractivity contribution in [2.45, 2.75) is 16.7 Å². The third kappa shape index (κ3) is 3.60. The summed E-state index contributed by atoms with van der Waals surface area (Å²) in [6.07, 6.45) is 3.35. The summed E-state index contributed by atoms with van der Waals surface area (Å²) in [5.74, 6) is -0.181. The smallest absolute Gasteiger partial charge is 0.338 e. The SMILES string of the molecule is CCOC(=O)c1ccc(S(=O)(=O)Nc2[nH]ncc2SC)cc1. The second-order valence-corrected chi connectivity index (χ2v) is 6.69. The van der Waals surface area contributed by atoms with Crippen molar-refractivity contribution < 1.29 is 17.9 Å². The van der Waals surface area contributed by atoms with Crippen molar-refractivity contribution >= 4 is 33.6 Å². The van der Waals surface area contributed by atoms with Gasteiger partial charge in [0, 0.05) is 0 Å². The zero-order valence-electron chi connectivity index (χ0n) is 12.0. The second kappa shape index (κ2) is 6.84. The molecule has 0 atom stereocenters. The highest BCUT2D eigenvalue weighted by Crippen LogP contribution is 2.24. The lowest BCUT2D eigenvalue weighted by molar-refractivity contribution is 0.0526. The number of carbonyl (C=O) groups excluding carboxylic acids is 1. The molecule has 1 heterocycles. The first-order chi connectivity index (χ1) is 10.5. The van der Waals surface area contributed by atoms with Crippen LogP contribution in [0.5, 0.6) is 0 Å². The van der Waals surface area contributed by atoms with Crippen LogP contribution in [0.1, 0.15) is 17.3 Å². The molecule has 118 valence electrons. The van der Waals surface area contributed by atoms with E-state index in [4.69, 9.17) is 4.74 Å². The minimum atomic E-state index is -3.76. The normalized spacial score (nSPS) is 11.2. The molecule has 1 aromatic carbocycles. The third-order valence-electron chi connectivity index (χ3n) is 2.74. The topological polar surface area (TPSA) is 101 Å². The molecule has 0 spiro atoms. The van der Waals surface area contributed by atoms with E-state index in [2.05, 4.69) is 14.9 Å². The molecule has 0 aliphatic carbocycles. The van der Waals surface area contributed by atoms with E-state index in [1.54, 1.807) is 6.92 Å². The second-order valence-electron chi connectivity index (χ2n) is 4.16. The largest absolute Gasteiger partial charge is 0.462 e.